The van der Waals surface area contributed by atoms with Gasteiger partial charge in [-0.25, -0.2) is 0 Å². The molecular weight excluding hydrogens is 212 g/mol. The normalized spacial score (nSPS) is 13.9. The van der Waals surface area contributed by atoms with Crippen molar-refractivity contribution < 1.29 is 4.74 Å². The maximum Gasteiger partial charge on any atom is 0.122 e. The van der Waals surface area contributed by atoms with Gasteiger partial charge < -0.3 is 10.1 Å². The molecular formula is C14H18N2O. The molecule has 0 spiro atoms. The Labute approximate surface area is 102 Å². The number of rotatable bonds is 4. The lowest BCUT2D eigenvalue weighted by molar-refractivity contribution is 0.356. The highest BCUT2D eigenvalue weighted by Crippen LogP contribution is 2.31. The van der Waals surface area contributed by atoms with E-state index in [4.69, 9.17) is 10.00 Å². The third kappa shape index (κ3) is 2.59. The smallest absolute Gasteiger partial charge is 0.122 e. The lowest BCUT2D eigenvalue weighted by Gasteiger charge is -2.25. The van der Waals surface area contributed by atoms with Crippen LogP contribution in [0.1, 0.15) is 25.0 Å². The van der Waals surface area contributed by atoms with Gasteiger partial charge in [0.2, 0.25) is 0 Å². The number of ether oxygens (including phenoxy) is 1. The molecule has 1 aliphatic rings. The van der Waals surface area contributed by atoms with Crippen LogP contribution in [0.2, 0.25) is 0 Å². The lowest BCUT2D eigenvalue weighted by atomic mass is 9.83. The van der Waals surface area contributed by atoms with Gasteiger partial charge in [0.1, 0.15) is 5.75 Å². The molecule has 0 fully saturated rings. The van der Waals surface area contributed by atoms with Gasteiger partial charge in [0.15, 0.2) is 0 Å². The molecule has 0 aliphatic carbocycles. The van der Waals surface area contributed by atoms with E-state index >= 15 is 0 Å². The minimum Gasteiger partial charge on any atom is -0.493 e. The predicted molar refractivity (Wildman–Crippen MR) is 67.1 cm³/mol. The molecule has 0 saturated carbocycles. The summed E-state index contributed by atoms with van der Waals surface area (Å²) >= 11 is 0. The van der Waals surface area contributed by atoms with Gasteiger partial charge in [-0.1, -0.05) is 26.0 Å². The van der Waals surface area contributed by atoms with E-state index in [1.165, 1.54) is 11.1 Å². The summed E-state index contributed by atoms with van der Waals surface area (Å²) < 4.78 is 5.51. The fourth-order valence-electron chi connectivity index (χ4n) is 2.14. The Morgan fingerprint density at radius 2 is 2.29 bits per heavy atom. The molecule has 0 unspecified atom stereocenters. The lowest BCUT2D eigenvalue weighted by Crippen LogP contribution is -2.33. The van der Waals surface area contributed by atoms with Gasteiger partial charge >= 0.3 is 0 Å². The average molecular weight is 230 g/mol. The van der Waals surface area contributed by atoms with Crippen LogP contribution in [0.25, 0.3) is 0 Å². The standard InChI is InChI=1S/C14H18N2O/c1-14(2,10-16-7-6-15)12-3-4-13-11(9-12)5-8-17-13/h3-4,9,16H,5,7-8,10H2,1-2H3. The number of hydrogen-bond donors (Lipinski definition) is 1. The number of nitriles is 1. The molecule has 1 heterocycles. The number of benzene rings is 1. The van der Waals surface area contributed by atoms with Crippen molar-refractivity contribution in [3.63, 3.8) is 0 Å². The van der Waals surface area contributed by atoms with Crippen LogP contribution in [0.3, 0.4) is 0 Å². The quantitative estimate of drug-likeness (QED) is 0.635. The van der Waals surface area contributed by atoms with Gasteiger partial charge in [-0.05, 0) is 17.2 Å². The molecule has 0 bridgehead atoms. The first-order valence-corrected chi connectivity index (χ1v) is 5.97. The zero-order valence-corrected chi connectivity index (χ0v) is 10.4. The topological polar surface area (TPSA) is 45.0 Å². The Kier molecular flexibility index (Phi) is 3.35. The fraction of sp³-hybridized carbons (Fsp3) is 0.500. The summed E-state index contributed by atoms with van der Waals surface area (Å²) in [5.41, 5.74) is 2.64. The van der Waals surface area contributed by atoms with Gasteiger partial charge in [0, 0.05) is 18.4 Å². The molecule has 1 N–H and O–H groups in total. The van der Waals surface area contributed by atoms with Crippen LogP contribution >= 0.6 is 0 Å². The molecule has 3 heteroatoms. The van der Waals surface area contributed by atoms with Crippen LogP contribution in [0.15, 0.2) is 18.2 Å². The van der Waals surface area contributed by atoms with E-state index in [9.17, 15) is 0 Å². The van der Waals surface area contributed by atoms with E-state index in [0.29, 0.717) is 6.54 Å². The Morgan fingerprint density at radius 3 is 3.06 bits per heavy atom. The number of nitrogens with one attached hydrogen (secondary N) is 1. The largest absolute Gasteiger partial charge is 0.493 e. The first kappa shape index (κ1) is 11.9. The van der Waals surface area contributed by atoms with E-state index in [-0.39, 0.29) is 5.41 Å². The second kappa shape index (κ2) is 4.77. The Morgan fingerprint density at radius 1 is 1.47 bits per heavy atom. The van der Waals surface area contributed by atoms with E-state index in [2.05, 4.69) is 43.4 Å². The zero-order chi connectivity index (χ0) is 12.3. The third-order valence-electron chi connectivity index (χ3n) is 3.24. The first-order chi connectivity index (χ1) is 8.13. The Hall–Kier alpha value is -1.53. The van der Waals surface area contributed by atoms with E-state index < -0.39 is 0 Å². The van der Waals surface area contributed by atoms with Crippen molar-refractivity contribution in [1.82, 2.24) is 5.32 Å². The third-order valence-corrected chi connectivity index (χ3v) is 3.24. The molecule has 0 aromatic heterocycles. The maximum absolute atomic E-state index is 8.53. The second-order valence-corrected chi connectivity index (χ2v) is 5.07. The predicted octanol–water partition coefficient (Wildman–Crippen LogP) is 2.01. The molecule has 1 aromatic carbocycles. The molecule has 1 aliphatic heterocycles. The van der Waals surface area contributed by atoms with Gasteiger partial charge in [-0.2, -0.15) is 5.26 Å². The summed E-state index contributed by atoms with van der Waals surface area (Å²) in [5, 5.41) is 11.7. The molecule has 3 nitrogen and oxygen atoms in total. The summed E-state index contributed by atoms with van der Waals surface area (Å²) in [6.45, 7) is 6.38. The van der Waals surface area contributed by atoms with Crippen LogP contribution < -0.4 is 10.1 Å². The molecule has 90 valence electrons. The molecule has 2 rings (SSSR count). The average Bonchev–Trinajstić information content (AvgIpc) is 2.76. The first-order valence-electron chi connectivity index (χ1n) is 5.97. The second-order valence-electron chi connectivity index (χ2n) is 5.07. The minimum absolute atomic E-state index is 0.0362. The van der Waals surface area contributed by atoms with E-state index in [1.54, 1.807) is 0 Å². The summed E-state index contributed by atoms with van der Waals surface area (Å²) in [4.78, 5) is 0. The summed E-state index contributed by atoms with van der Waals surface area (Å²) in [6.07, 6.45) is 1.00. The molecule has 1 aromatic rings. The van der Waals surface area contributed by atoms with Gasteiger partial charge in [0.25, 0.3) is 0 Å². The molecule has 0 radical (unpaired) electrons. The van der Waals surface area contributed by atoms with Gasteiger partial charge in [-0.15, -0.1) is 0 Å². The highest BCUT2D eigenvalue weighted by molar-refractivity contribution is 5.42. The van der Waals surface area contributed by atoms with Crippen molar-refractivity contribution in [1.29, 1.82) is 5.26 Å². The zero-order valence-electron chi connectivity index (χ0n) is 10.4. The van der Waals surface area contributed by atoms with Crippen molar-refractivity contribution in [2.24, 2.45) is 0 Å². The minimum atomic E-state index is 0.0362. The molecule has 0 saturated heterocycles. The number of hydrogen-bond acceptors (Lipinski definition) is 3. The van der Waals surface area contributed by atoms with Crippen LogP contribution in [0.4, 0.5) is 0 Å². The van der Waals surface area contributed by atoms with Crippen LogP contribution in [0.5, 0.6) is 5.75 Å². The van der Waals surface area contributed by atoms with Crippen molar-refractivity contribution in [2.45, 2.75) is 25.7 Å². The maximum atomic E-state index is 8.53. The van der Waals surface area contributed by atoms with Crippen molar-refractivity contribution in [2.75, 3.05) is 19.7 Å². The van der Waals surface area contributed by atoms with E-state index in [1.807, 2.05) is 0 Å². The Bertz CT molecular complexity index is 446. The fourth-order valence-corrected chi connectivity index (χ4v) is 2.14. The Balaban J connectivity index is 2.13. The molecule has 0 amide bonds. The van der Waals surface area contributed by atoms with Gasteiger partial charge in [0.05, 0.1) is 19.2 Å². The van der Waals surface area contributed by atoms with Crippen molar-refractivity contribution >= 4 is 0 Å². The highest BCUT2D eigenvalue weighted by atomic mass is 16.5. The van der Waals surface area contributed by atoms with Gasteiger partial charge in [-0.3, -0.25) is 0 Å². The van der Waals surface area contributed by atoms with E-state index in [0.717, 1.165) is 25.3 Å². The van der Waals surface area contributed by atoms with Crippen molar-refractivity contribution in [3.05, 3.63) is 29.3 Å². The van der Waals surface area contributed by atoms with Crippen molar-refractivity contribution in [3.8, 4) is 11.8 Å². The van der Waals surface area contributed by atoms with Crippen LogP contribution in [-0.2, 0) is 11.8 Å². The van der Waals surface area contributed by atoms with Crippen LogP contribution in [-0.4, -0.2) is 19.7 Å². The monoisotopic (exact) mass is 230 g/mol. The summed E-state index contributed by atoms with van der Waals surface area (Å²) in [5.74, 6) is 1.02. The highest BCUT2D eigenvalue weighted by Gasteiger charge is 2.22. The summed E-state index contributed by atoms with van der Waals surface area (Å²) in [7, 11) is 0. The SMILES string of the molecule is CC(C)(CNCC#N)c1ccc2c(c1)CCO2. The molecule has 17 heavy (non-hydrogen) atoms. The number of fused-ring (bicyclic) bond motifs is 1. The summed E-state index contributed by atoms with van der Waals surface area (Å²) in [6, 6.07) is 8.52. The number of nitrogens with zero attached hydrogens (tertiary/aromatic N) is 1. The van der Waals surface area contributed by atoms with Crippen LogP contribution in [0, 0.1) is 11.3 Å². The molecule has 0 atom stereocenters.